The minimum absolute atomic E-state index is 0.0145. The van der Waals surface area contributed by atoms with Crippen LogP contribution in [0.1, 0.15) is 49.3 Å². The van der Waals surface area contributed by atoms with Gasteiger partial charge >= 0.3 is 0 Å². The molecule has 3 aromatic carbocycles. The number of nitrogens with zero attached hydrogens (tertiary/aromatic N) is 2. The van der Waals surface area contributed by atoms with E-state index in [2.05, 4.69) is 5.32 Å². The van der Waals surface area contributed by atoms with Gasteiger partial charge in [0.25, 0.3) is 5.91 Å². The van der Waals surface area contributed by atoms with Gasteiger partial charge in [-0.2, -0.15) is 0 Å². The van der Waals surface area contributed by atoms with E-state index in [9.17, 15) is 9.59 Å². The summed E-state index contributed by atoms with van der Waals surface area (Å²) in [5.41, 5.74) is 4.38. The Labute approximate surface area is 212 Å². The molecule has 3 aromatic rings. The zero-order valence-corrected chi connectivity index (χ0v) is 20.9. The summed E-state index contributed by atoms with van der Waals surface area (Å²) in [6.07, 6.45) is 5.48. The van der Waals surface area contributed by atoms with E-state index < -0.39 is 6.04 Å². The Bertz CT molecular complexity index is 1250. The molecule has 0 aromatic heterocycles. The molecule has 1 saturated carbocycles. The standard InChI is InChI=1S/C30H33N3O3/c1-21-10-8-14-24(18-21)33(28(34)20-31-22-11-9-15-25(19-22)36-2)29-26-16-6-7-17-27(26)32(30(29)35)23-12-4-3-5-13-23/h6-11,14-19,23,29,31H,3-5,12-13,20H2,1-2H3. The smallest absolute Gasteiger partial charge is 0.255 e. The molecule has 1 heterocycles. The number of hydrogen-bond acceptors (Lipinski definition) is 4. The molecule has 0 saturated heterocycles. The van der Waals surface area contributed by atoms with E-state index in [-0.39, 0.29) is 24.4 Å². The maximum absolute atomic E-state index is 14.1. The molecule has 2 aliphatic rings. The number of fused-ring (bicyclic) bond motifs is 1. The van der Waals surface area contributed by atoms with Crippen LogP contribution in [0.3, 0.4) is 0 Å². The largest absolute Gasteiger partial charge is 0.497 e. The fourth-order valence-electron chi connectivity index (χ4n) is 5.50. The van der Waals surface area contributed by atoms with Crippen LogP contribution in [0.4, 0.5) is 17.1 Å². The van der Waals surface area contributed by atoms with Gasteiger partial charge in [-0.1, -0.05) is 55.7 Å². The average molecular weight is 484 g/mol. The van der Waals surface area contributed by atoms with Gasteiger partial charge in [-0.25, -0.2) is 0 Å². The molecule has 1 fully saturated rings. The lowest BCUT2D eigenvalue weighted by Crippen LogP contribution is -2.46. The van der Waals surface area contributed by atoms with Crippen molar-refractivity contribution in [1.82, 2.24) is 0 Å². The summed E-state index contributed by atoms with van der Waals surface area (Å²) in [7, 11) is 1.62. The normalized spacial score (nSPS) is 17.6. The SMILES string of the molecule is COc1cccc(NCC(=O)N(c2cccc(C)c2)C2C(=O)N(C3CCCCC3)c3ccccc32)c1. The molecule has 0 radical (unpaired) electrons. The van der Waals surface area contributed by atoms with Crippen molar-refractivity contribution in [2.45, 2.75) is 51.1 Å². The quantitative estimate of drug-likeness (QED) is 0.457. The monoisotopic (exact) mass is 483 g/mol. The molecule has 0 bridgehead atoms. The molecule has 2 amide bonds. The van der Waals surface area contributed by atoms with E-state index >= 15 is 0 Å². The molecule has 6 nitrogen and oxygen atoms in total. The second-order valence-electron chi connectivity index (χ2n) is 9.65. The number of carbonyl (C=O) groups excluding carboxylic acids is 2. The van der Waals surface area contributed by atoms with Crippen LogP contribution in [0.15, 0.2) is 72.8 Å². The highest BCUT2D eigenvalue weighted by Gasteiger charge is 2.45. The van der Waals surface area contributed by atoms with Crippen LogP contribution in [0.25, 0.3) is 0 Å². The van der Waals surface area contributed by atoms with Crippen LogP contribution < -0.4 is 19.9 Å². The van der Waals surface area contributed by atoms with Gasteiger partial charge in [0.05, 0.1) is 13.7 Å². The number of rotatable bonds is 7. The zero-order chi connectivity index (χ0) is 25.1. The number of nitrogens with one attached hydrogen (secondary N) is 1. The van der Waals surface area contributed by atoms with Crippen molar-refractivity contribution < 1.29 is 14.3 Å². The van der Waals surface area contributed by atoms with E-state index in [4.69, 9.17) is 4.74 Å². The van der Waals surface area contributed by atoms with E-state index in [1.165, 1.54) is 6.42 Å². The first-order valence-corrected chi connectivity index (χ1v) is 12.8. The third-order valence-corrected chi connectivity index (χ3v) is 7.22. The maximum Gasteiger partial charge on any atom is 0.255 e. The number of para-hydroxylation sites is 1. The highest BCUT2D eigenvalue weighted by atomic mass is 16.5. The molecule has 6 heteroatoms. The summed E-state index contributed by atoms with van der Waals surface area (Å²) < 4.78 is 5.31. The van der Waals surface area contributed by atoms with Gasteiger partial charge in [-0.15, -0.1) is 0 Å². The van der Waals surface area contributed by atoms with Gasteiger partial charge in [-0.05, 0) is 55.7 Å². The van der Waals surface area contributed by atoms with Gasteiger partial charge < -0.3 is 15.0 Å². The lowest BCUT2D eigenvalue weighted by molar-refractivity contribution is -0.124. The highest BCUT2D eigenvalue weighted by Crippen LogP contribution is 2.44. The molecule has 5 rings (SSSR count). The Balaban J connectivity index is 1.50. The number of methoxy groups -OCH3 is 1. The van der Waals surface area contributed by atoms with Crippen LogP contribution in [0.2, 0.25) is 0 Å². The summed E-state index contributed by atoms with van der Waals surface area (Å²) in [5, 5.41) is 3.22. The van der Waals surface area contributed by atoms with Crippen LogP contribution in [0, 0.1) is 6.92 Å². The molecule has 0 spiro atoms. The number of aryl methyl sites for hydroxylation is 1. The molecule has 1 N–H and O–H groups in total. The van der Waals surface area contributed by atoms with Crippen LogP contribution in [-0.4, -0.2) is 31.5 Å². The number of anilines is 3. The fourth-order valence-corrected chi connectivity index (χ4v) is 5.50. The predicted octanol–water partition coefficient (Wildman–Crippen LogP) is 5.87. The lowest BCUT2D eigenvalue weighted by atomic mass is 9.94. The molecule has 186 valence electrons. The number of hydrogen-bond donors (Lipinski definition) is 1. The van der Waals surface area contributed by atoms with Gasteiger partial charge in [0, 0.05) is 34.7 Å². The fraction of sp³-hybridized carbons (Fsp3) is 0.333. The predicted molar refractivity (Wildman–Crippen MR) is 144 cm³/mol. The van der Waals surface area contributed by atoms with Crippen molar-refractivity contribution in [2.75, 3.05) is 28.8 Å². The third-order valence-electron chi connectivity index (χ3n) is 7.22. The number of carbonyl (C=O) groups is 2. The summed E-state index contributed by atoms with van der Waals surface area (Å²) >= 11 is 0. The molecule has 36 heavy (non-hydrogen) atoms. The first kappa shape index (κ1) is 23.9. The zero-order valence-electron chi connectivity index (χ0n) is 20.9. The summed E-state index contributed by atoms with van der Waals surface area (Å²) in [6, 6.07) is 22.8. The first-order chi connectivity index (χ1) is 17.6. The van der Waals surface area contributed by atoms with Crippen molar-refractivity contribution in [2.24, 2.45) is 0 Å². The number of ether oxygens (including phenoxy) is 1. The van der Waals surface area contributed by atoms with E-state index in [1.54, 1.807) is 12.0 Å². The topological polar surface area (TPSA) is 61.9 Å². The maximum atomic E-state index is 14.1. The van der Waals surface area contributed by atoms with Crippen molar-refractivity contribution in [3.63, 3.8) is 0 Å². The van der Waals surface area contributed by atoms with Gasteiger partial charge in [0.2, 0.25) is 5.91 Å². The Morgan fingerprint density at radius 3 is 2.56 bits per heavy atom. The Morgan fingerprint density at radius 2 is 1.78 bits per heavy atom. The van der Waals surface area contributed by atoms with Crippen LogP contribution >= 0.6 is 0 Å². The van der Waals surface area contributed by atoms with E-state index in [1.807, 2.05) is 84.6 Å². The lowest BCUT2D eigenvalue weighted by Gasteiger charge is -2.33. The molecular weight excluding hydrogens is 450 g/mol. The molecular formula is C30H33N3O3. The minimum atomic E-state index is -0.690. The van der Waals surface area contributed by atoms with Crippen molar-refractivity contribution in [1.29, 1.82) is 0 Å². The van der Waals surface area contributed by atoms with Crippen LogP contribution in [0.5, 0.6) is 5.75 Å². The summed E-state index contributed by atoms with van der Waals surface area (Å²) in [6.45, 7) is 2.05. The Kier molecular flexibility index (Phi) is 6.94. The molecule has 1 atom stereocenters. The number of benzene rings is 3. The van der Waals surface area contributed by atoms with Crippen molar-refractivity contribution in [3.05, 3.63) is 83.9 Å². The second-order valence-corrected chi connectivity index (χ2v) is 9.65. The van der Waals surface area contributed by atoms with E-state index in [0.717, 1.165) is 53.9 Å². The van der Waals surface area contributed by atoms with E-state index in [0.29, 0.717) is 5.75 Å². The van der Waals surface area contributed by atoms with Gasteiger partial charge in [0.15, 0.2) is 0 Å². The summed E-state index contributed by atoms with van der Waals surface area (Å²) in [5.74, 6) is 0.535. The second kappa shape index (κ2) is 10.4. The average Bonchev–Trinajstić information content (AvgIpc) is 3.20. The summed E-state index contributed by atoms with van der Waals surface area (Å²) in [4.78, 5) is 31.6. The van der Waals surface area contributed by atoms with Crippen molar-refractivity contribution >= 4 is 28.9 Å². The molecule has 1 aliphatic carbocycles. The Hall–Kier alpha value is -3.80. The highest BCUT2D eigenvalue weighted by molar-refractivity contribution is 6.12. The van der Waals surface area contributed by atoms with Gasteiger partial charge in [0.1, 0.15) is 11.8 Å². The molecule has 1 unspecified atom stereocenters. The van der Waals surface area contributed by atoms with Gasteiger partial charge in [-0.3, -0.25) is 14.5 Å². The number of amides is 2. The third kappa shape index (κ3) is 4.68. The minimum Gasteiger partial charge on any atom is -0.497 e. The van der Waals surface area contributed by atoms with Crippen molar-refractivity contribution in [3.8, 4) is 5.75 Å². The first-order valence-electron chi connectivity index (χ1n) is 12.8. The molecule has 1 aliphatic heterocycles. The Morgan fingerprint density at radius 1 is 1.00 bits per heavy atom. The van der Waals surface area contributed by atoms with Crippen LogP contribution in [-0.2, 0) is 9.59 Å².